The van der Waals surface area contributed by atoms with Gasteiger partial charge in [0.15, 0.2) is 5.82 Å². The number of methoxy groups -OCH3 is 1. The standard InChI is InChI=1S/C26H29FN8O2/c1-6-24(36)29-18-15-19(22(37-5)16-21(18)34(4)14-13-33(2)3)30-26-28-12-11-23(31-26)35-20-10-8-7-9-17(20)25(27)32-35/h6-12,15-16H,1,13-14H2,2-5H3,(H,29,36)(H,28,30,31). The molecule has 0 bridgehead atoms. The summed E-state index contributed by atoms with van der Waals surface area (Å²) in [5.74, 6) is 0.223. The van der Waals surface area contributed by atoms with E-state index in [1.165, 1.54) is 10.8 Å². The van der Waals surface area contributed by atoms with Crippen LogP contribution >= 0.6 is 0 Å². The summed E-state index contributed by atoms with van der Waals surface area (Å²) < 4.78 is 21.4. The highest BCUT2D eigenvalue weighted by Gasteiger charge is 2.17. The molecule has 4 rings (SSSR count). The SMILES string of the molecule is C=CC(=O)Nc1cc(Nc2nccc(-n3nc(F)c4ccccc43)n2)c(OC)cc1N(C)CCN(C)C. The van der Waals surface area contributed by atoms with Crippen LogP contribution in [0.5, 0.6) is 5.75 Å². The number of anilines is 4. The lowest BCUT2D eigenvalue weighted by molar-refractivity contribution is -0.111. The first-order chi connectivity index (χ1) is 17.8. The van der Waals surface area contributed by atoms with E-state index in [1.807, 2.05) is 32.1 Å². The second kappa shape index (κ2) is 11.0. The summed E-state index contributed by atoms with van der Waals surface area (Å²) in [4.78, 5) is 25.1. The maximum absolute atomic E-state index is 14.4. The van der Waals surface area contributed by atoms with E-state index in [1.54, 1.807) is 49.7 Å². The van der Waals surface area contributed by atoms with Gasteiger partial charge in [-0.15, -0.1) is 5.10 Å². The van der Waals surface area contributed by atoms with Crippen molar-refractivity contribution in [3.8, 4) is 11.6 Å². The van der Waals surface area contributed by atoms with Crippen molar-refractivity contribution in [2.24, 2.45) is 0 Å². The number of benzene rings is 2. The minimum Gasteiger partial charge on any atom is -0.494 e. The fraction of sp³-hybridized carbons (Fsp3) is 0.231. The molecular weight excluding hydrogens is 475 g/mol. The quantitative estimate of drug-likeness (QED) is 0.315. The normalized spacial score (nSPS) is 11.0. The average Bonchev–Trinajstić information content (AvgIpc) is 3.24. The van der Waals surface area contributed by atoms with Crippen LogP contribution in [-0.2, 0) is 4.79 Å². The van der Waals surface area contributed by atoms with Crippen molar-refractivity contribution in [3.05, 3.63) is 67.3 Å². The van der Waals surface area contributed by atoms with E-state index in [2.05, 4.69) is 37.2 Å². The summed E-state index contributed by atoms with van der Waals surface area (Å²) in [7, 11) is 7.49. The molecule has 2 aromatic carbocycles. The van der Waals surface area contributed by atoms with Crippen molar-refractivity contribution in [1.29, 1.82) is 0 Å². The molecule has 0 saturated heterocycles. The van der Waals surface area contributed by atoms with Crippen molar-refractivity contribution in [1.82, 2.24) is 24.6 Å². The number of carbonyl (C=O) groups is 1. The largest absolute Gasteiger partial charge is 0.494 e. The number of nitrogens with zero attached hydrogens (tertiary/aromatic N) is 6. The van der Waals surface area contributed by atoms with Gasteiger partial charge in [-0.3, -0.25) is 4.79 Å². The monoisotopic (exact) mass is 504 g/mol. The first-order valence-electron chi connectivity index (χ1n) is 11.6. The molecule has 0 atom stereocenters. The molecule has 37 heavy (non-hydrogen) atoms. The maximum atomic E-state index is 14.4. The number of ether oxygens (including phenoxy) is 1. The number of para-hydroxylation sites is 1. The molecule has 2 aromatic heterocycles. The summed E-state index contributed by atoms with van der Waals surface area (Å²) >= 11 is 0. The van der Waals surface area contributed by atoms with E-state index >= 15 is 0 Å². The van der Waals surface area contributed by atoms with Crippen LogP contribution in [0.15, 0.2) is 61.3 Å². The Labute approximate surface area is 214 Å². The molecule has 11 heteroatoms. The molecule has 0 spiro atoms. The lowest BCUT2D eigenvalue weighted by Gasteiger charge is -2.26. The lowest BCUT2D eigenvalue weighted by atomic mass is 10.2. The first-order valence-corrected chi connectivity index (χ1v) is 11.6. The number of rotatable bonds is 10. The van der Waals surface area contributed by atoms with Crippen LogP contribution < -0.4 is 20.3 Å². The van der Waals surface area contributed by atoms with E-state index in [4.69, 9.17) is 4.74 Å². The van der Waals surface area contributed by atoms with Crippen LogP contribution in [0.2, 0.25) is 0 Å². The molecule has 192 valence electrons. The number of hydrogen-bond acceptors (Lipinski definition) is 8. The summed E-state index contributed by atoms with van der Waals surface area (Å²) in [6.45, 7) is 5.09. The van der Waals surface area contributed by atoms with Gasteiger partial charge in [-0.05, 0) is 38.4 Å². The Bertz CT molecular complexity index is 1440. The molecular formula is C26H29FN8O2. The lowest BCUT2D eigenvalue weighted by Crippen LogP contribution is -2.29. The zero-order valence-corrected chi connectivity index (χ0v) is 21.2. The van der Waals surface area contributed by atoms with Crippen LogP contribution in [0.4, 0.5) is 27.4 Å². The van der Waals surface area contributed by atoms with E-state index < -0.39 is 5.95 Å². The van der Waals surface area contributed by atoms with Gasteiger partial charge in [0.1, 0.15) is 5.75 Å². The van der Waals surface area contributed by atoms with Gasteiger partial charge in [0.05, 0.1) is 35.1 Å². The number of carbonyl (C=O) groups excluding carboxylic acids is 1. The molecule has 0 saturated carbocycles. The number of fused-ring (bicyclic) bond motifs is 1. The molecule has 4 aromatic rings. The number of halogens is 1. The van der Waals surface area contributed by atoms with E-state index in [0.717, 1.165) is 18.8 Å². The van der Waals surface area contributed by atoms with E-state index in [-0.39, 0.29) is 11.9 Å². The maximum Gasteiger partial charge on any atom is 0.247 e. The second-order valence-electron chi connectivity index (χ2n) is 8.57. The molecule has 1 amide bonds. The molecule has 0 unspecified atom stereocenters. The number of nitrogens with one attached hydrogen (secondary N) is 2. The zero-order chi connectivity index (χ0) is 26.5. The Kier molecular flexibility index (Phi) is 7.63. The zero-order valence-electron chi connectivity index (χ0n) is 21.2. The highest BCUT2D eigenvalue weighted by molar-refractivity contribution is 6.02. The fourth-order valence-electron chi connectivity index (χ4n) is 3.76. The Morgan fingerprint density at radius 1 is 1.16 bits per heavy atom. The summed E-state index contributed by atoms with van der Waals surface area (Å²) in [6, 6.07) is 12.2. The van der Waals surface area contributed by atoms with Crippen molar-refractivity contribution >= 4 is 39.8 Å². The smallest absolute Gasteiger partial charge is 0.247 e. The molecule has 2 heterocycles. The van der Waals surface area contributed by atoms with Crippen molar-refractivity contribution in [3.63, 3.8) is 0 Å². The first kappa shape index (κ1) is 25.6. The Morgan fingerprint density at radius 3 is 2.68 bits per heavy atom. The van der Waals surface area contributed by atoms with Gasteiger partial charge in [-0.1, -0.05) is 18.7 Å². The summed E-state index contributed by atoms with van der Waals surface area (Å²) in [5.41, 5.74) is 2.44. The van der Waals surface area contributed by atoms with E-state index in [0.29, 0.717) is 33.8 Å². The second-order valence-corrected chi connectivity index (χ2v) is 8.57. The van der Waals surface area contributed by atoms with Crippen LogP contribution in [0.1, 0.15) is 0 Å². The van der Waals surface area contributed by atoms with Crippen LogP contribution in [0, 0.1) is 5.95 Å². The third-order valence-electron chi connectivity index (χ3n) is 5.70. The number of aromatic nitrogens is 4. The minimum atomic E-state index is -0.582. The van der Waals surface area contributed by atoms with Gasteiger partial charge in [-0.25, -0.2) is 9.67 Å². The van der Waals surface area contributed by atoms with Gasteiger partial charge in [0.25, 0.3) is 0 Å². The minimum absolute atomic E-state index is 0.241. The molecule has 0 radical (unpaired) electrons. The molecule has 0 aliphatic heterocycles. The molecule has 0 aliphatic rings. The third kappa shape index (κ3) is 5.67. The average molecular weight is 505 g/mol. The van der Waals surface area contributed by atoms with Crippen molar-refractivity contribution in [2.75, 3.05) is 56.9 Å². The van der Waals surface area contributed by atoms with Crippen LogP contribution in [-0.4, -0.2) is 71.9 Å². The van der Waals surface area contributed by atoms with Gasteiger partial charge < -0.3 is 25.2 Å². The number of likely N-dealkylation sites (N-methyl/N-ethyl adjacent to an activating group) is 2. The number of amides is 1. The fourth-order valence-corrected chi connectivity index (χ4v) is 3.76. The van der Waals surface area contributed by atoms with Gasteiger partial charge in [0.2, 0.25) is 17.8 Å². The highest BCUT2D eigenvalue weighted by atomic mass is 19.1. The van der Waals surface area contributed by atoms with Gasteiger partial charge in [-0.2, -0.15) is 9.37 Å². The number of hydrogen-bond donors (Lipinski definition) is 2. The summed E-state index contributed by atoms with van der Waals surface area (Å²) in [6.07, 6.45) is 2.76. The summed E-state index contributed by atoms with van der Waals surface area (Å²) in [5, 5.41) is 10.4. The molecule has 2 N–H and O–H groups in total. The predicted octanol–water partition coefficient (Wildman–Crippen LogP) is 3.83. The van der Waals surface area contributed by atoms with Crippen LogP contribution in [0.3, 0.4) is 0 Å². The Balaban J connectivity index is 1.71. The topological polar surface area (TPSA) is 100 Å². The van der Waals surface area contributed by atoms with E-state index in [9.17, 15) is 9.18 Å². The molecule has 10 nitrogen and oxygen atoms in total. The predicted molar refractivity (Wildman–Crippen MR) is 144 cm³/mol. The van der Waals surface area contributed by atoms with Crippen LogP contribution in [0.25, 0.3) is 16.7 Å². The van der Waals surface area contributed by atoms with Crippen molar-refractivity contribution < 1.29 is 13.9 Å². The Hall–Kier alpha value is -4.51. The highest BCUT2D eigenvalue weighted by Crippen LogP contribution is 2.38. The van der Waals surface area contributed by atoms with Gasteiger partial charge in [0, 0.05) is 38.5 Å². The Morgan fingerprint density at radius 2 is 1.95 bits per heavy atom. The molecule has 0 fully saturated rings. The molecule has 0 aliphatic carbocycles. The third-order valence-corrected chi connectivity index (χ3v) is 5.70. The van der Waals surface area contributed by atoms with Gasteiger partial charge >= 0.3 is 0 Å². The van der Waals surface area contributed by atoms with Crippen molar-refractivity contribution in [2.45, 2.75) is 0 Å².